The van der Waals surface area contributed by atoms with Gasteiger partial charge >= 0.3 is 5.97 Å². The number of carbonyl (C=O) groups excluding carboxylic acids is 2. The predicted molar refractivity (Wildman–Crippen MR) is 105 cm³/mol. The fourth-order valence-corrected chi connectivity index (χ4v) is 8.65. The van der Waals surface area contributed by atoms with E-state index in [9.17, 15) is 14.9 Å². The normalized spacial score (nSPS) is 52.2. The molecule has 5 aliphatic carbocycles. The molecule has 5 nitrogen and oxygen atoms in total. The van der Waals surface area contributed by atoms with Crippen LogP contribution in [0.1, 0.15) is 65.2 Å². The average Bonchev–Trinajstić information content (AvgIpc) is 3.31. The van der Waals surface area contributed by atoms with E-state index in [4.69, 9.17) is 10.5 Å². The molecule has 6 rings (SSSR count). The number of rotatable bonds is 0. The predicted octanol–water partition coefficient (Wildman–Crippen LogP) is 3.55. The van der Waals surface area contributed by atoms with Gasteiger partial charge in [0, 0.05) is 35.3 Å². The van der Waals surface area contributed by atoms with Crippen LogP contribution in [0.15, 0.2) is 22.9 Å². The van der Waals surface area contributed by atoms with Crippen LogP contribution < -0.4 is 5.73 Å². The minimum atomic E-state index is -0.714. The van der Waals surface area contributed by atoms with E-state index in [1.54, 1.807) is 0 Å². The van der Waals surface area contributed by atoms with Crippen molar-refractivity contribution in [3.63, 3.8) is 0 Å². The van der Waals surface area contributed by atoms with Crippen molar-refractivity contribution >= 4 is 11.8 Å². The first-order chi connectivity index (χ1) is 13.7. The molecular weight excluding hydrogens is 364 g/mol. The molecule has 1 aliphatic heterocycles. The first kappa shape index (κ1) is 17.7. The fourth-order valence-electron chi connectivity index (χ4n) is 8.65. The van der Waals surface area contributed by atoms with Crippen LogP contribution >= 0.6 is 0 Å². The molecule has 0 aromatic carbocycles. The minimum absolute atomic E-state index is 0.0678. The van der Waals surface area contributed by atoms with Crippen molar-refractivity contribution in [2.24, 2.45) is 39.7 Å². The zero-order valence-corrected chi connectivity index (χ0v) is 17.2. The molecule has 29 heavy (non-hydrogen) atoms. The van der Waals surface area contributed by atoms with Crippen LogP contribution in [0.2, 0.25) is 0 Å². The topological polar surface area (TPSA) is 93.2 Å². The summed E-state index contributed by atoms with van der Waals surface area (Å²) in [7, 11) is 0. The van der Waals surface area contributed by atoms with Gasteiger partial charge in [0.1, 0.15) is 11.4 Å². The highest BCUT2D eigenvalue weighted by atomic mass is 16.6. The van der Waals surface area contributed by atoms with Crippen molar-refractivity contribution in [3.05, 3.63) is 22.9 Å². The van der Waals surface area contributed by atoms with Gasteiger partial charge in [-0.2, -0.15) is 5.26 Å². The molecule has 1 heterocycles. The van der Waals surface area contributed by atoms with Crippen LogP contribution in [0.3, 0.4) is 0 Å². The second kappa shape index (κ2) is 4.96. The standard InChI is InChI=1S/C24H28N2O3/c1-21-8-5-16(27)19-20(26)13(11-23(19,21)12-25)18-14(21)3-7-22(2)15(18)4-9-24(22)10-6-17(28)29-24/h3,15,18-19H,4-11,26H2,1-2H3. The molecule has 1 saturated heterocycles. The smallest absolute Gasteiger partial charge is 0.306 e. The minimum Gasteiger partial charge on any atom is -0.458 e. The Morgan fingerprint density at radius 1 is 1.21 bits per heavy atom. The van der Waals surface area contributed by atoms with Crippen LogP contribution in [0.25, 0.3) is 0 Å². The number of allylic oxidation sites excluding steroid dienone is 4. The molecule has 0 aromatic rings. The molecule has 0 amide bonds. The molecule has 0 radical (unpaired) electrons. The Bertz CT molecular complexity index is 989. The third kappa shape index (κ3) is 1.64. The molecule has 1 spiro atoms. The summed E-state index contributed by atoms with van der Waals surface area (Å²) in [5.41, 5.74) is 8.37. The van der Waals surface area contributed by atoms with Gasteiger partial charge in [0.15, 0.2) is 0 Å². The Morgan fingerprint density at radius 3 is 2.69 bits per heavy atom. The van der Waals surface area contributed by atoms with Gasteiger partial charge in [0.2, 0.25) is 0 Å². The Balaban J connectivity index is 1.56. The van der Waals surface area contributed by atoms with Crippen LogP contribution in [0.5, 0.6) is 0 Å². The van der Waals surface area contributed by atoms with Crippen molar-refractivity contribution in [2.75, 3.05) is 0 Å². The van der Waals surface area contributed by atoms with E-state index in [0.29, 0.717) is 30.9 Å². The van der Waals surface area contributed by atoms with E-state index in [1.807, 2.05) is 0 Å². The van der Waals surface area contributed by atoms with Crippen LogP contribution in [-0.4, -0.2) is 17.4 Å². The quantitative estimate of drug-likeness (QED) is 0.503. The maximum Gasteiger partial charge on any atom is 0.306 e. The highest BCUT2D eigenvalue weighted by Crippen LogP contribution is 2.75. The number of nitriles is 1. The molecule has 2 bridgehead atoms. The van der Waals surface area contributed by atoms with E-state index in [1.165, 1.54) is 5.57 Å². The largest absolute Gasteiger partial charge is 0.458 e. The number of fused-ring (bicyclic) bond motifs is 7. The second-order valence-electron chi connectivity index (χ2n) is 10.8. The summed E-state index contributed by atoms with van der Waals surface area (Å²) >= 11 is 0. The van der Waals surface area contributed by atoms with Gasteiger partial charge in [-0.3, -0.25) is 9.59 Å². The number of carbonyl (C=O) groups is 2. The van der Waals surface area contributed by atoms with Crippen molar-refractivity contribution < 1.29 is 14.3 Å². The van der Waals surface area contributed by atoms with E-state index in [-0.39, 0.29) is 34.1 Å². The van der Waals surface area contributed by atoms with Gasteiger partial charge in [0.25, 0.3) is 0 Å². The zero-order chi connectivity index (χ0) is 20.4. The lowest BCUT2D eigenvalue weighted by Gasteiger charge is -2.58. The first-order valence-electron chi connectivity index (χ1n) is 11.1. The molecule has 2 N–H and O–H groups in total. The maximum atomic E-state index is 12.9. The molecule has 0 aromatic heterocycles. The Morgan fingerprint density at radius 2 is 2.00 bits per heavy atom. The van der Waals surface area contributed by atoms with E-state index in [2.05, 4.69) is 26.0 Å². The maximum absolute atomic E-state index is 12.9. The number of hydrogen-bond acceptors (Lipinski definition) is 5. The molecular formula is C24H28N2O3. The molecule has 6 aliphatic rings. The van der Waals surface area contributed by atoms with Gasteiger partial charge < -0.3 is 10.5 Å². The van der Waals surface area contributed by atoms with Crippen molar-refractivity contribution in [2.45, 2.75) is 70.8 Å². The third-order valence-corrected chi connectivity index (χ3v) is 10.3. The third-order valence-electron chi connectivity index (χ3n) is 10.3. The van der Waals surface area contributed by atoms with Crippen LogP contribution in [0, 0.1) is 45.3 Å². The number of hydrogen-bond donors (Lipinski definition) is 1. The number of ether oxygens (including phenoxy) is 1. The Kier molecular flexibility index (Phi) is 3.04. The van der Waals surface area contributed by atoms with Crippen LogP contribution in [0.4, 0.5) is 0 Å². The summed E-state index contributed by atoms with van der Waals surface area (Å²) in [5, 5.41) is 10.3. The monoisotopic (exact) mass is 392 g/mol. The van der Waals surface area contributed by atoms with Crippen molar-refractivity contribution in [1.29, 1.82) is 5.26 Å². The fraction of sp³-hybridized carbons (Fsp3) is 0.708. The Labute approximate surface area is 171 Å². The lowest BCUT2D eigenvalue weighted by Crippen LogP contribution is -2.56. The van der Waals surface area contributed by atoms with E-state index in [0.717, 1.165) is 37.7 Å². The first-order valence-corrected chi connectivity index (χ1v) is 11.1. The average molecular weight is 392 g/mol. The van der Waals surface area contributed by atoms with Gasteiger partial charge in [-0.1, -0.05) is 25.5 Å². The summed E-state index contributed by atoms with van der Waals surface area (Å²) in [4.78, 5) is 25.0. The lowest BCUT2D eigenvalue weighted by molar-refractivity contribution is -0.160. The molecule has 3 saturated carbocycles. The number of nitrogens with two attached hydrogens (primary N) is 1. The number of nitrogens with zero attached hydrogens (tertiary/aromatic N) is 1. The number of Topliss-reactive ketones (excluding diaryl/α,β-unsaturated/α-hetero) is 1. The van der Waals surface area contributed by atoms with Crippen molar-refractivity contribution in [3.8, 4) is 6.07 Å². The second-order valence-corrected chi connectivity index (χ2v) is 10.8. The van der Waals surface area contributed by atoms with Gasteiger partial charge in [-0.25, -0.2) is 0 Å². The summed E-state index contributed by atoms with van der Waals surface area (Å²) < 4.78 is 6.02. The molecule has 152 valence electrons. The molecule has 4 fully saturated rings. The SMILES string of the molecule is CC12CCC(=O)C3C(N)=C(CC31C#N)C1C2=CCC2(C)C1CCC21CCC(=O)O1. The van der Waals surface area contributed by atoms with Gasteiger partial charge in [-0.05, 0) is 50.0 Å². The molecule has 5 heteroatoms. The highest BCUT2D eigenvalue weighted by molar-refractivity contribution is 5.88. The Hall–Kier alpha value is -2.09. The van der Waals surface area contributed by atoms with Crippen LogP contribution in [-0.2, 0) is 14.3 Å². The molecule has 7 atom stereocenters. The summed E-state index contributed by atoms with van der Waals surface area (Å²) in [6, 6.07) is 2.62. The van der Waals surface area contributed by atoms with Gasteiger partial charge in [0.05, 0.1) is 17.4 Å². The lowest BCUT2D eigenvalue weighted by atomic mass is 9.43. The van der Waals surface area contributed by atoms with E-state index < -0.39 is 11.3 Å². The highest BCUT2D eigenvalue weighted by Gasteiger charge is 2.73. The van der Waals surface area contributed by atoms with E-state index >= 15 is 0 Å². The summed E-state index contributed by atoms with van der Waals surface area (Å²) in [5.74, 6) is 0.173. The summed E-state index contributed by atoms with van der Waals surface area (Å²) in [6.07, 6.45) is 8.35. The zero-order valence-electron chi connectivity index (χ0n) is 17.2. The molecule has 7 unspecified atom stereocenters. The number of ketones is 1. The summed E-state index contributed by atoms with van der Waals surface area (Å²) in [6.45, 7) is 4.51. The van der Waals surface area contributed by atoms with Crippen molar-refractivity contribution in [1.82, 2.24) is 0 Å². The number of esters is 1. The van der Waals surface area contributed by atoms with Gasteiger partial charge in [-0.15, -0.1) is 0 Å².